The lowest BCUT2D eigenvalue weighted by molar-refractivity contribution is 0.0746. The Morgan fingerprint density at radius 3 is 2.34 bits per heavy atom. The number of anilines is 1. The molecule has 0 spiro atoms. The van der Waals surface area contributed by atoms with E-state index in [4.69, 9.17) is 19.4 Å². The first-order valence-corrected chi connectivity index (χ1v) is 13.6. The molecule has 2 aliphatic carbocycles. The highest BCUT2D eigenvalue weighted by molar-refractivity contribution is 7.19. The Labute approximate surface area is 210 Å². The molecule has 0 unspecified atom stereocenters. The van der Waals surface area contributed by atoms with E-state index >= 15 is 0 Å². The first-order valence-electron chi connectivity index (χ1n) is 12.7. The number of benzene rings is 1. The SMILES string of the molecule is COc1cc(OC)cc(C(=O)N2CCN(c3nc(C4CC4)nc4sc5c(c34)CCCCC5)CC2)c1. The number of methoxy groups -OCH3 is 2. The summed E-state index contributed by atoms with van der Waals surface area (Å²) in [6.45, 7) is 2.87. The molecule has 2 aromatic heterocycles. The first kappa shape index (κ1) is 22.6. The van der Waals surface area contributed by atoms with Crippen molar-refractivity contribution >= 4 is 33.3 Å². The van der Waals surface area contributed by atoms with Crippen molar-refractivity contribution in [2.75, 3.05) is 45.3 Å². The molecule has 0 atom stereocenters. The monoisotopic (exact) mass is 492 g/mol. The number of piperazine rings is 1. The zero-order chi connectivity index (χ0) is 23.9. The second kappa shape index (κ2) is 9.30. The maximum absolute atomic E-state index is 13.3. The predicted molar refractivity (Wildman–Crippen MR) is 138 cm³/mol. The van der Waals surface area contributed by atoms with Gasteiger partial charge in [0.15, 0.2) is 0 Å². The summed E-state index contributed by atoms with van der Waals surface area (Å²) in [6, 6.07) is 5.36. The summed E-state index contributed by atoms with van der Waals surface area (Å²) in [4.78, 5) is 30.5. The van der Waals surface area contributed by atoms with Crippen molar-refractivity contribution in [1.29, 1.82) is 0 Å². The molecule has 2 fully saturated rings. The van der Waals surface area contributed by atoms with Crippen LogP contribution >= 0.6 is 11.3 Å². The zero-order valence-electron chi connectivity index (χ0n) is 20.5. The van der Waals surface area contributed by atoms with Crippen molar-refractivity contribution in [3.05, 3.63) is 40.0 Å². The van der Waals surface area contributed by atoms with Gasteiger partial charge >= 0.3 is 0 Å². The number of ether oxygens (including phenoxy) is 2. The van der Waals surface area contributed by atoms with Crippen LogP contribution in [0, 0.1) is 0 Å². The van der Waals surface area contributed by atoms with E-state index in [0.29, 0.717) is 36.1 Å². The maximum atomic E-state index is 13.3. The maximum Gasteiger partial charge on any atom is 0.254 e. The number of amides is 1. The fraction of sp³-hybridized carbons (Fsp3) is 0.519. The Hall–Kier alpha value is -2.87. The Morgan fingerprint density at radius 1 is 0.943 bits per heavy atom. The molecule has 7 nitrogen and oxygen atoms in total. The van der Waals surface area contributed by atoms with Crippen LogP contribution in [-0.4, -0.2) is 61.2 Å². The van der Waals surface area contributed by atoms with E-state index < -0.39 is 0 Å². The number of rotatable bonds is 5. The van der Waals surface area contributed by atoms with Gasteiger partial charge < -0.3 is 19.3 Å². The van der Waals surface area contributed by atoms with E-state index in [2.05, 4.69) is 4.90 Å². The highest BCUT2D eigenvalue weighted by Gasteiger charge is 2.32. The Kier molecular flexibility index (Phi) is 6.00. The number of aryl methyl sites for hydroxylation is 2. The summed E-state index contributed by atoms with van der Waals surface area (Å²) in [5.74, 6) is 3.90. The summed E-state index contributed by atoms with van der Waals surface area (Å²) >= 11 is 1.89. The quantitative estimate of drug-likeness (QED) is 0.476. The summed E-state index contributed by atoms with van der Waals surface area (Å²) in [7, 11) is 3.20. The van der Waals surface area contributed by atoms with Crippen LogP contribution in [-0.2, 0) is 12.8 Å². The second-order valence-corrected chi connectivity index (χ2v) is 10.9. The van der Waals surface area contributed by atoms with Crippen LogP contribution in [0.25, 0.3) is 10.2 Å². The zero-order valence-corrected chi connectivity index (χ0v) is 21.3. The third-order valence-corrected chi connectivity index (χ3v) is 8.66. The van der Waals surface area contributed by atoms with Crippen LogP contribution in [0.1, 0.15) is 64.6 Å². The Bertz CT molecular complexity index is 1240. The molecule has 1 aliphatic heterocycles. The second-order valence-electron chi connectivity index (χ2n) is 9.80. The molecule has 0 bridgehead atoms. The predicted octanol–water partition coefficient (Wildman–Crippen LogP) is 4.82. The fourth-order valence-electron chi connectivity index (χ4n) is 5.32. The van der Waals surface area contributed by atoms with Gasteiger partial charge in [0.25, 0.3) is 5.91 Å². The number of carbonyl (C=O) groups is 1. The molecule has 3 aromatic rings. The minimum Gasteiger partial charge on any atom is -0.497 e. The van der Waals surface area contributed by atoms with Gasteiger partial charge in [-0.2, -0.15) is 0 Å². The van der Waals surface area contributed by atoms with Gasteiger partial charge in [0.2, 0.25) is 0 Å². The van der Waals surface area contributed by atoms with E-state index in [9.17, 15) is 4.79 Å². The number of hydrogen-bond donors (Lipinski definition) is 0. The fourth-order valence-corrected chi connectivity index (χ4v) is 6.58. The minimum absolute atomic E-state index is 0.0118. The van der Waals surface area contributed by atoms with Gasteiger partial charge in [-0.25, -0.2) is 9.97 Å². The number of nitrogens with zero attached hydrogens (tertiary/aromatic N) is 4. The standard InChI is InChI=1S/C27H32N4O3S/c1-33-19-14-18(15-20(16-19)34-2)27(32)31-12-10-30(11-13-31)25-23-21-6-4-3-5-7-22(21)35-26(23)29-24(28-25)17-8-9-17/h14-17H,3-13H2,1-2H3. The van der Waals surface area contributed by atoms with Crippen LogP contribution in [0.3, 0.4) is 0 Å². The highest BCUT2D eigenvalue weighted by Crippen LogP contribution is 2.44. The molecule has 1 saturated carbocycles. The summed E-state index contributed by atoms with van der Waals surface area (Å²) in [5, 5.41) is 1.29. The van der Waals surface area contributed by atoms with Gasteiger partial charge in [0, 0.05) is 48.6 Å². The number of carbonyl (C=O) groups excluding carboxylic acids is 1. The van der Waals surface area contributed by atoms with Gasteiger partial charge in [0.1, 0.15) is 28.0 Å². The topological polar surface area (TPSA) is 67.8 Å². The van der Waals surface area contributed by atoms with E-state index in [0.717, 1.165) is 31.2 Å². The number of hydrogen-bond acceptors (Lipinski definition) is 7. The van der Waals surface area contributed by atoms with Gasteiger partial charge in [0.05, 0.1) is 19.6 Å². The molecule has 0 radical (unpaired) electrons. The molecule has 3 heterocycles. The van der Waals surface area contributed by atoms with Gasteiger partial charge in [-0.15, -0.1) is 11.3 Å². The molecule has 1 amide bonds. The number of fused-ring (bicyclic) bond motifs is 3. The molecule has 184 valence electrons. The lowest BCUT2D eigenvalue weighted by Crippen LogP contribution is -2.49. The largest absolute Gasteiger partial charge is 0.497 e. The van der Waals surface area contributed by atoms with Crippen LogP contribution in [0.2, 0.25) is 0 Å². The number of aromatic nitrogens is 2. The van der Waals surface area contributed by atoms with E-state index in [1.807, 2.05) is 16.2 Å². The third-order valence-electron chi connectivity index (χ3n) is 7.47. The summed E-state index contributed by atoms with van der Waals surface area (Å²) in [5.41, 5.74) is 2.08. The molecule has 1 saturated heterocycles. The summed E-state index contributed by atoms with van der Waals surface area (Å²) < 4.78 is 10.7. The molecule has 1 aromatic carbocycles. The third kappa shape index (κ3) is 4.33. The number of thiophene rings is 1. The average molecular weight is 493 g/mol. The lowest BCUT2D eigenvalue weighted by atomic mass is 10.1. The van der Waals surface area contributed by atoms with E-state index in [1.165, 1.54) is 59.2 Å². The van der Waals surface area contributed by atoms with Crippen molar-refractivity contribution in [3.8, 4) is 11.5 Å². The van der Waals surface area contributed by atoms with Crippen molar-refractivity contribution in [2.24, 2.45) is 0 Å². The molecule has 8 heteroatoms. The van der Waals surface area contributed by atoms with Crippen LogP contribution < -0.4 is 14.4 Å². The van der Waals surface area contributed by atoms with Crippen LogP contribution in [0.5, 0.6) is 11.5 Å². The summed E-state index contributed by atoms with van der Waals surface area (Å²) in [6.07, 6.45) is 8.51. The van der Waals surface area contributed by atoms with Crippen molar-refractivity contribution < 1.29 is 14.3 Å². The normalized spacial score (nSPS) is 18.3. The van der Waals surface area contributed by atoms with Gasteiger partial charge in [-0.1, -0.05) is 6.42 Å². The van der Waals surface area contributed by atoms with Gasteiger partial charge in [-0.05, 0) is 56.2 Å². The minimum atomic E-state index is 0.0118. The Morgan fingerprint density at radius 2 is 1.66 bits per heavy atom. The van der Waals surface area contributed by atoms with Crippen molar-refractivity contribution in [2.45, 2.75) is 50.9 Å². The average Bonchev–Trinajstić information content (AvgIpc) is 3.73. The van der Waals surface area contributed by atoms with Crippen LogP contribution in [0.15, 0.2) is 18.2 Å². The van der Waals surface area contributed by atoms with E-state index in [-0.39, 0.29) is 5.91 Å². The highest BCUT2D eigenvalue weighted by atomic mass is 32.1. The Balaban J connectivity index is 1.27. The smallest absolute Gasteiger partial charge is 0.254 e. The molecule has 0 N–H and O–H groups in total. The lowest BCUT2D eigenvalue weighted by Gasteiger charge is -2.36. The van der Waals surface area contributed by atoms with Crippen molar-refractivity contribution in [3.63, 3.8) is 0 Å². The molecule has 35 heavy (non-hydrogen) atoms. The molecular weight excluding hydrogens is 460 g/mol. The molecule has 6 rings (SSSR count). The van der Waals surface area contributed by atoms with E-state index in [1.54, 1.807) is 32.4 Å². The molecule has 3 aliphatic rings. The molecular formula is C27H32N4O3S. The van der Waals surface area contributed by atoms with Crippen molar-refractivity contribution in [1.82, 2.24) is 14.9 Å². The first-order chi connectivity index (χ1) is 17.1. The van der Waals surface area contributed by atoms with Crippen LogP contribution in [0.4, 0.5) is 5.82 Å². The van der Waals surface area contributed by atoms with Gasteiger partial charge in [-0.3, -0.25) is 4.79 Å².